The van der Waals surface area contributed by atoms with Gasteiger partial charge in [-0.1, -0.05) is 68.1 Å². The third kappa shape index (κ3) is 4.38. The molecule has 1 N–H and O–H groups in total. The SMILES string of the molecule is CCCCC(CC)CNC(=O)c1c(-c2ccccc2Cl)noc1C. The van der Waals surface area contributed by atoms with Gasteiger partial charge < -0.3 is 9.84 Å². The van der Waals surface area contributed by atoms with E-state index in [1.54, 1.807) is 13.0 Å². The van der Waals surface area contributed by atoms with Gasteiger partial charge in [-0.15, -0.1) is 0 Å². The number of hydrogen-bond acceptors (Lipinski definition) is 3. The smallest absolute Gasteiger partial charge is 0.257 e. The molecule has 1 heterocycles. The fourth-order valence-electron chi connectivity index (χ4n) is 2.75. The molecule has 0 fully saturated rings. The summed E-state index contributed by atoms with van der Waals surface area (Å²) in [6.45, 7) is 6.76. The van der Waals surface area contributed by atoms with Crippen molar-refractivity contribution in [1.29, 1.82) is 0 Å². The Morgan fingerprint density at radius 1 is 1.33 bits per heavy atom. The van der Waals surface area contributed by atoms with Crippen molar-refractivity contribution in [3.63, 3.8) is 0 Å². The van der Waals surface area contributed by atoms with Crippen LogP contribution >= 0.6 is 11.6 Å². The number of carbonyl (C=O) groups excluding carboxylic acids is 1. The lowest BCUT2D eigenvalue weighted by atomic mass is 9.99. The summed E-state index contributed by atoms with van der Waals surface area (Å²) in [4.78, 5) is 12.7. The Kier molecular flexibility index (Phi) is 6.85. The Morgan fingerprint density at radius 3 is 2.75 bits per heavy atom. The number of nitrogens with one attached hydrogen (secondary N) is 1. The lowest BCUT2D eigenvalue weighted by Gasteiger charge is -2.15. The zero-order valence-corrected chi connectivity index (χ0v) is 15.3. The number of carbonyl (C=O) groups is 1. The van der Waals surface area contributed by atoms with E-state index < -0.39 is 0 Å². The lowest BCUT2D eigenvalue weighted by Crippen LogP contribution is -2.29. The predicted molar refractivity (Wildman–Crippen MR) is 97.3 cm³/mol. The van der Waals surface area contributed by atoms with Crippen LogP contribution in [0.5, 0.6) is 0 Å². The van der Waals surface area contributed by atoms with Crippen molar-refractivity contribution in [2.45, 2.75) is 46.5 Å². The molecule has 0 saturated carbocycles. The first-order valence-electron chi connectivity index (χ1n) is 8.57. The maximum atomic E-state index is 12.7. The van der Waals surface area contributed by atoms with Crippen molar-refractivity contribution in [2.75, 3.05) is 6.54 Å². The van der Waals surface area contributed by atoms with Crippen molar-refractivity contribution in [2.24, 2.45) is 5.92 Å². The predicted octanol–water partition coefficient (Wildman–Crippen LogP) is 5.25. The van der Waals surface area contributed by atoms with Gasteiger partial charge in [-0.25, -0.2) is 0 Å². The maximum Gasteiger partial charge on any atom is 0.257 e. The molecule has 24 heavy (non-hydrogen) atoms. The van der Waals surface area contributed by atoms with Gasteiger partial charge in [0, 0.05) is 12.1 Å². The fourth-order valence-corrected chi connectivity index (χ4v) is 2.97. The van der Waals surface area contributed by atoms with Gasteiger partial charge in [0.2, 0.25) is 0 Å². The number of nitrogens with zero attached hydrogens (tertiary/aromatic N) is 1. The summed E-state index contributed by atoms with van der Waals surface area (Å²) in [5, 5.41) is 7.63. The second-order valence-electron chi connectivity index (χ2n) is 6.07. The molecule has 1 aromatic heterocycles. The molecule has 0 aliphatic carbocycles. The third-order valence-corrected chi connectivity index (χ3v) is 4.64. The van der Waals surface area contributed by atoms with E-state index in [1.807, 2.05) is 18.2 Å². The van der Waals surface area contributed by atoms with E-state index in [4.69, 9.17) is 16.1 Å². The number of rotatable bonds is 8. The second-order valence-corrected chi connectivity index (χ2v) is 6.48. The highest BCUT2D eigenvalue weighted by Gasteiger charge is 2.23. The normalized spacial score (nSPS) is 12.2. The molecule has 0 aliphatic rings. The van der Waals surface area contributed by atoms with Crippen LogP contribution in [0, 0.1) is 12.8 Å². The summed E-state index contributed by atoms with van der Waals surface area (Å²) in [7, 11) is 0. The highest BCUT2D eigenvalue weighted by atomic mass is 35.5. The Morgan fingerprint density at radius 2 is 2.08 bits per heavy atom. The topological polar surface area (TPSA) is 55.1 Å². The van der Waals surface area contributed by atoms with Gasteiger partial charge in [-0.05, 0) is 25.3 Å². The molecule has 0 bridgehead atoms. The van der Waals surface area contributed by atoms with Gasteiger partial charge in [0.05, 0.1) is 5.02 Å². The molecule has 0 radical (unpaired) electrons. The molecule has 1 amide bonds. The first-order chi connectivity index (χ1) is 11.6. The van der Waals surface area contributed by atoms with Crippen LogP contribution in [-0.2, 0) is 0 Å². The summed E-state index contributed by atoms with van der Waals surface area (Å²) in [6.07, 6.45) is 4.55. The largest absolute Gasteiger partial charge is 0.360 e. The van der Waals surface area contributed by atoms with Crippen LogP contribution < -0.4 is 5.32 Å². The molecular formula is C19H25ClN2O2. The average molecular weight is 349 g/mol. The molecule has 1 atom stereocenters. The van der Waals surface area contributed by atoms with Crippen LogP contribution in [-0.4, -0.2) is 17.6 Å². The molecule has 2 rings (SSSR count). The first kappa shape index (κ1) is 18.5. The zero-order chi connectivity index (χ0) is 17.5. The van der Waals surface area contributed by atoms with E-state index in [0.717, 1.165) is 12.8 Å². The van der Waals surface area contributed by atoms with Crippen LogP contribution in [0.4, 0.5) is 0 Å². The number of aryl methyl sites for hydroxylation is 1. The third-order valence-electron chi connectivity index (χ3n) is 4.31. The number of amides is 1. The van der Waals surface area contributed by atoms with Crippen LogP contribution in [0.1, 0.15) is 55.6 Å². The Labute approximate surface area is 148 Å². The standard InChI is InChI=1S/C19H25ClN2O2/c1-4-6-9-14(5-2)12-21-19(23)17-13(3)24-22-18(17)15-10-7-8-11-16(15)20/h7-8,10-11,14H,4-6,9,12H2,1-3H3,(H,21,23). The van der Waals surface area contributed by atoms with Gasteiger partial charge >= 0.3 is 0 Å². The minimum absolute atomic E-state index is 0.154. The van der Waals surface area contributed by atoms with Crippen molar-refractivity contribution in [3.05, 3.63) is 40.6 Å². The summed E-state index contributed by atoms with van der Waals surface area (Å²) in [5.74, 6) is 0.848. The lowest BCUT2D eigenvalue weighted by molar-refractivity contribution is 0.0945. The molecule has 0 aliphatic heterocycles. The minimum Gasteiger partial charge on any atom is -0.360 e. The highest BCUT2D eigenvalue weighted by Crippen LogP contribution is 2.30. The average Bonchev–Trinajstić information content (AvgIpc) is 2.96. The highest BCUT2D eigenvalue weighted by molar-refractivity contribution is 6.33. The van der Waals surface area contributed by atoms with E-state index in [0.29, 0.717) is 40.1 Å². The first-order valence-corrected chi connectivity index (χ1v) is 8.95. The maximum absolute atomic E-state index is 12.7. The van der Waals surface area contributed by atoms with Gasteiger partial charge in [-0.2, -0.15) is 0 Å². The van der Waals surface area contributed by atoms with Gasteiger partial charge in [-0.3, -0.25) is 4.79 Å². The molecule has 2 aromatic rings. The number of halogens is 1. The fraction of sp³-hybridized carbons (Fsp3) is 0.474. The van der Waals surface area contributed by atoms with Crippen molar-refractivity contribution in [1.82, 2.24) is 10.5 Å². The Hall–Kier alpha value is -1.81. The van der Waals surface area contributed by atoms with E-state index in [9.17, 15) is 4.79 Å². The van der Waals surface area contributed by atoms with E-state index in [-0.39, 0.29) is 5.91 Å². The van der Waals surface area contributed by atoms with Crippen LogP contribution in [0.25, 0.3) is 11.3 Å². The van der Waals surface area contributed by atoms with Gasteiger partial charge in [0.15, 0.2) is 0 Å². The number of hydrogen-bond donors (Lipinski definition) is 1. The molecule has 4 nitrogen and oxygen atoms in total. The van der Waals surface area contributed by atoms with Crippen molar-refractivity contribution < 1.29 is 9.32 Å². The van der Waals surface area contributed by atoms with E-state index in [1.165, 1.54) is 12.8 Å². The molecule has 130 valence electrons. The van der Waals surface area contributed by atoms with Crippen LogP contribution in [0.15, 0.2) is 28.8 Å². The van der Waals surface area contributed by atoms with Crippen molar-refractivity contribution in [3.8, 4) is 11.3 Å². The summed E-state index contributed by atoms with van der Waals surface area (Å²) in [6, 6.07) is 7.33. The zero-order valence-electron chi connectivity index (χ0n) is 14.6. The Balaban J connectivity index is 2.16. The number of aromatic nitrogens is 1. The second kappa shape index (κ2) is 8.88. The van der Waals surface area contributed by atoms with E-state index >= 15 is 0 Å². The van der Waals surface area contributed by atoms with Crippen LogP contribution in [0.3, 0.4) is 0 Å². The van der Waals surface area contributed by atoms with Gasteiger partial charge in [0.25, 0.3) is 5.91 Å². The molecular weight excluding hydrogens is 324 g/mol. The molecule has 1 aromatic carbocycles. The van der Waals surface area contributed by atoms with E-state index in [2.05, 4.69) is 24.3 Å². The monoisotopic (exact) mass is 348 g/mol. The Bertz CT molecular complexity index is 682. The minimum atomic E-state index is -0.154. The molecule has 0 saturated heterocycles. The molecule has 1 unspecified atom stereocenters. The van der Waals surface area contributed by atoms with Crippen molar-refractivity contribution >= 4 is 17.5 Å². The summed E-state index contributed by atoms with van der Waals surface area (Å²) in [5.41, 5.74) is 1.67. The number of benzene rings is 1. The molecule has 0 spiro atoms. The van der Waals surface area contributed by atoms with Crippen LogP contribution in [0.2, 0.25) is 5.02 Å². The summed E-state index contributed by atoms with van der Waals surface area (Å²) >= 11 is 6.24. The molecule has 5 heteroatoms. The summed E-state index contributed by atoms with van der Waals surface area (Å²) < 4.78 is 5.25. The van der Waals surface area contributed by atoms with Gasteiger partial charge in [0.1, 0.15) is 17.0 Å². The quantitative estimate of drug-likeness (QED) is 0.708. The number of unbranched alkanes of at least 4 members (excludes halogenated alkanes) is 1.